The monoisotopic (exact) mass is 1540 g/mol. The molecule has 31 heteroatoms. The van der Waals surface area contributed by atoms with Gasteiger partial charge in [-0.3, -0.25) is 28.4 Å². The SMILES string of the molecule is CC(C)(O)CCCOc1cc(-c2cnn(C(C)(C)C(N)=O)c2)c2c(c1)[C@@](O)(C(F)(F)F)c1ccccc1-2.CC(C)(O)CCOc1cc(-c2cnn(C(C)(C)C(N)=O)c2)c2c(c1)[C@@](O)(C(F)(F)F)c1ccccc1-2.CC(C)(O)CCOc1cc(-c2cnn(C(C)(C)C(N)=O)c2)c2c(c1)[C@@](O)(C(F)(F)F)c1ccccc1-2.O. The standard InChI is InChI=1S/C27H30F3N3O4.2C26H28F3N3O4.H2O/c1-24(2,35)10-7-11-37-17-12-19(16-14-32-33(15-16)25(3,4)23(31)34)22-18-8-5-6-9-20(18)26(36,21(22)13-17)27(28,29)30;2*1-23(2,34)9-10-36-16-11-18(15-13-31-32(14-15)24(3,4)22(30)33)21-17-7-5-6-8-19(17)25(35,20(21)12-16)26(27,28)29;/h5-6,8-9,12-15,35-36H,7,10-11H2,1-4H3,(H2,31,34);2*5-8,11-14,34-35H,9-10H2,1-4H3,(H2,30,33);1H2/t26-;2*25-;/m111./s1. The van der Waals surface area contributed by atoms with E-state index in [2.05, 4.69) is 15.3 Å². The number of hydrogen-bond acceptors (Lipinski definition) is 15. The number of aliphatic hydroxyl groups is 6. The number of carbonyl (C=O) groups is 3. The Balaban J connectivity index is 0.000000189. The largest absolute Gasteiger partial charge is 0.494 e. The molecular weight excluding hydrogens is 1450 g/mol. The maximum absolute atomic E-state index is 14.5. The van der Waals surface area contributed by atoms with E-state index < -0.39 is 86.5 Å². The lowest BCUT2D eigenvalue weighted by Gasteiger charge is -2.29. The van der Waals surface area contributed by atoms with Gasteiger partial charge in [0.25, 0.3) is 0 Å². The Labute approximate surface area is 627 Å². The molecule has 0 aliphatic heterocycles. The summed E-state index contributed by atoms with van der Waals surface area (Å²) < 4.78 is 151. The lowest BCUT2D eigenvalue weighted by atomic mass is 9.89. The quantitative estimate of drug-likeness (QED) is 0.0225. The second-order valence-electron chi connectivity index (χ2n) is 30.8. The smallest absolute Gasteiger partial charge is 0.425 e. The van der Waals surface area contributed by atoms with Crippen LogP contribution < -0.4 is 31.4 Å². The third kappa shape index (κ3) is 15.6. The van der Waals surface area contributed by atoms with Crippen LogP contribution in [0.15, 0.2) is 146 Å². The Morgan fingerprint density at radius 2 is 0.627 bits per heavy atom. The number of rotatable bonds is 22. The zero-order valence-electron chi connectivity index (χ0n) is 62.3. The summed E-state index contributed by atoms with van der Waals surface area (Å²) in [6.45, 7) is 19.4. The van der Waals surface area contributed by atoms with Crippen molar-refractivity contribution in [2.45, 2.75) is 178 Å². The average Bonchev–Trinajstić information content (AvgIpc) is 1.56. The minimum Gasteiger partial charge on any atom is -0.494 e. The van der Waals surface area contributed by atoms with E-state index in [1.807, 2.05) is 0 Å². The van der Waals surface area contributed by atoms with E-state index >= 15 is 0 Å². The van der Waals surface area contributed by atoms with Gasteiger partial charge < -0.3 is 67.5 Å². The van der Waals surface area contributed by atoms with Crippen molar-refractivity contribution in [1.82, 2.24) is 29.3 Å². The lowest BCUT2D eigenvalue weighted by molar-refractivity contribution is -0.247. The summed E-state index contributed by atoms with van der Waals surface area (Å²) in [5.74, 6) is -1.60. The highest BCUT2D eigenvalue weighted by Gasteiger charge is 2.64. The maximum atomic E-state index is 14.5. The van der Waals surface area contributed by atoms with Gasteiger partial charge in [-0.25, -0.2) is 0 Å². The molecule has 3 amide bonds. The van der Waals surface area contributed by atoms with E-state index in [1.54, 1.807) is 119 Å². The van der Waals surface area contributed by atoms with Crippen LogP contribution in [0, 0.1) is 0 Å². The molecule has 3 heterocycles. The molecule has 3 aliphatic rings. The van der Waals surface area contributed by atoms with Crippen molar-refractivity contribution in [3.63, 3.8) is 0 Å². The number of nitrogens with zero attached hydrogens (tertiary/aromatic N) is 6. The van der Waals surface area contributed by atoms with Crippen molar-refractivity contribution < 1.29 is 104 Å². The Morgan fingerprint density at radius 1 is 0.382 bits per heavy atom. The van der Waals surface area contributed by atoms with Crippen LogP contribution >= 0.6 is 0 Å². The molecule has 0 saturated heterocycles. The highest BCUT2D eigenvalue weighted by molar-refractivity contribution is 5.96. The van der Waals surface area contributed by atoms with Crippen LogP contribution in [-0.4, -0.2) is 138 Å². The van der Waals surface area contributed by atoms with Gasteiger partial charge in [0.15, 0.2) is 0 Å². The van der Waals surface area contributed by atoms with Crippen LogP contribution in [0.1, 0.15) is 142 Å². The molecule has 3 aromatic heterocycles. The van der Waals surface area contributed by atoms with Gasteiger partial charge in [-0.05, 0) is 182 Å². The van der Waals surface area contributed by atoms with Crippen LogP contribution in [0.25, 0.3) is 66.8 Å². The molecule has 3 aliphatic carbocycles. The summed E-state index contributed by atoms with van der Waals surface area (Å²) in [4.78, 5) is 35.8. The fraction of sp³-hybridized carbons (Fsp3) is 0.392. The van der Waals surface area contributed by atoms with Crippen LogP contribution in [0.4, 0.5) is 39.5 Å². The summed E-state index contributed by atoms with van der Waals surface area (Å²) in [5, 5.41) is 76.2. The van der Waals surface area contributed by atoms with E-state index in [4.69, 9.17) is 31.4 Å². The normalized spacial score (nSPS) is 17.4. The number of ether oxygens (including phenoxy) is 3. The Bertz CT molecular complexity index is 4760. The molecule has 9 aromatic rings. The van der Waals surface area contributed by atoms with Crippen LogP contribution in [0.3, 0.4) is 0 Å². The van der Waals surface area contributed by atoms with Crippen molar-refractivity contribution in [1.29, 1.82) is 0 Å². The number of primary amides is 3. The number of benzene rings is 6. The summed E-state index contributed by atoms with van der Waals surface area (Å²) >= 11 is 0. The molecule has 12 rings (SSSR count). The first-order valence-corrected chi connectivity index (χ1v) is 34.6. The van der Waals surface area contributed by atoms with E-state index in [1.165, 1.54) is 124 Å². The summed E-state index contributed by atoms with van der Waals surface area (Å²) in [6.07, 6.45) is -4.83. The summed E-state index contributed by atoms with van der Waals surface area (Å²) in [5.41, 5.74) is 1.85. The third-order valence-electron chi connectivity index (χ3n) is 19.9. The minimum absolute atomic E-state index is 0. The van der Waals surface area contributed by atoms with Gasteiger partial charge in [0.1, 0.15) is 33.9 Å². The van der Waals surface area contributed by atoms with Crippen molar-refractivity contribution in [2.75, 3.05) is 19.8 Å². The van der Waals surface area contributed by atoms with Gasteiger partial charge in [0.05, 0.1) is 55.2 Å². The second kappa shape index (κ2) is 29.3. The zero-order chi connectivity index (χ0) is 80.8. The molecule has 0 spiro atoms. The maximum Gasteiger partial charge on any atom is 0.425 e. The predicted octanol–water partition coefficient (Wildman–Crippen LogP) is 11.8. The average molecular weight is 1540 g/mol. The fourth-order valence-corrected chi connectivity index (χ4v) is 13.1. The fourth-order valence-electron chi connectivity index (χ4n) is 13.1. The van der Waals surface area contributed by atoms with Crippen molar-refractivity contribution in [3.05, 3.63) is 180 Å². The molecule has 0 unspecified atom stereocenters. The molecule has 0 saturated carbocycles. The molecule has 0 radical (unpaired) electrons. The first-order valence-electron chi connectivity index (χ1n) is 34.6. The van der Waals surface area contributed by atoms with Crippen molar-refractivity contribution in [2.24, 2.45) is 17.2 Å². The van der Waals surface area contributed by atoms with Gasteiger partial charge in [-0.2, -0.15) is 54.8 Å². The van der Waals surface area contributed by atoms with Gasteiger partial charge >= 0.3 is 18.5 Å². The minimum atomic E-state index is -5.02. The van der Waals surface area contributed by atoms with Gasteiger partial charge in [0, 0.05) is 81.5 Å². The Morgan fingerprint density at radius 3 is 0.864 bits per heavy atom. The topological polar surface area (TPSA) is 363 Å². The van der Waals surface area contributed by atoms with Crippen molar-refractivity contribution in [3.8, 4) is 84.0 Å². The molecular formula is C79H88F9N9O13. The highest BCUT2D eigenvalue weighted by Crippen LogP contribution is 2.62. The first kappa shape index (κ1) is 83.9. The van der Waals surface area contributed by atoms with E-state index in [9.17, 15) is 84.5 Å². The molecule has 22 nitrogen and oxygen atoms in total. The molecule has 6 aromatic carbocycles. The number of alkyl halides is 9. The highest BCUT2D eigenvalue weighted by atomic mass is 19.4. The van der Waals surface area contributed by atoms with Crippen LogP contribution in [0.2, 0.25) is 0 Å². The van der Waals surface area contributed by atoms with E-state index in [0.29, 0.717) is 46.2 Å². The van der Waals surface area contributed by atoms with Gasteiger partial charge in [0.2, 0.25) is 34.5 Å². The van der Waals surface area contributed by atoms with Crippen LogP contribution in [-0.2, 0) is 47.8 Å². The first-order chi connectivity index (χ1) is 50.2. The van der Waals surface area contributed by atoms with E-state index in [-0.39, 0.29) is 122 Å². The molecule has 3 atom stereocenters. The lowest BCUT2D eigenvalue weighted by Crippen LogP contribution is -2.41. The van der Waals surface area contributed by atoms with E-state index in [0.717, 1.165) is 0 Å². The number of hydrogen-bond donors (Lipinski definition) is 9. The van der Waals surface area contributed by atoms with Gasteiger partial charge in [-0.15, -0.1) is 0 Å². The number of fused-ring (bicyclic) bond motifs is 9. The number of nitrogens with two attached hydrogens (primary N) is 3. The number of halogens is 9. The Kier molecular flexibility index (Phi) is 22.3. The predicted molar refractivity (Wildman–Crippen MR) is 389 cm³/mol. The third-order valence-corrected chi connectivity index (χ3v) is 19.9. The summed E-state index contributed by atoms with van der Waals surface area (Å²) in [6, 6.07) is 25.8. The second-order valence-corrected chi connectivity index (χ2v) is 30.8. The number of carbonyl (C=O) groups excluding carboxylic acids is 3. The number of aromatic nitrogens is 6. The molecule has 590 valence electrons. The number of amides is 3. The molecule has 110 heavy (non-hydrogen) atoms. The molecule has 14 N–H and O–H groups in total. The van der Waals surface area contributed by atoms with Crippen LogP contribution in [0.5, 0.6) is 17.2 Å². The Hall–Kier alpha value is -10.2. The van der Waals surface area contributed by atoms with Crippen molar-refractivity contribution >= 4 is 17.7 Å². The zero-order valence-corrected chi connectivity index (χ0v) is 62.3. The summed E-state index contributed by atoms with van der Waals surface area (Å²) in [7, 11) is 0. The molecule has 0 bridgehead atoms. The van der Waals surface area contributed by atoms with Gasteiger partial charge in [-0.1, -0.05) is 72.8 Å². The molecule has 0 fully saturated rings.